The minimum Gasteiger partial charge on any atom is -0.493 e. The van der Waals surface area contributed by atoms with Crippen LogP contribution < -0.4 is 4.74 Å². The van der Waals surface area contributed by atoms with E-state index >= 15 is 0 Å². The van der Waals surface area contributed by atoms with Gasteiger partial charge in [-0.3, -0.25) is 4.79 Å². The van der Waals surface area contributed by atoms with E-state index in [1.165, 1.54) is 0 Å². The molecule has 1 aromatic carbocycles. The summed E-state index contributed by atoms with van der Waals surface area (Å²) in [6.07, 6.45) is 2.28. The summed E-state index contributed by atoms with van der Waals surface area (Å²) in [5, 5.41) is 10.1. The second-order valence-electron chi connectivity index (χ2n) is 4.92. The van der Waals surface area contributed by atoms with Crippen LogP contribution in [0.15, 0.2) is 30.3 Å². The smallest absolute Gasteiger partial charge is 0.158 e. The molecule has 3 nitrogen and oxygen atoms in total. The fourth-order valence-corrected chi connectivity index (χ4v) is 2.33. The molecule has 0 saturated heterocycles. The van der Waals surface area contributed by atoms with Crippen LogP contribution in [0.25, 0.3) is 5.57 Å². The van der Waals surface area contributed by atoms with Gasteiger partial charge in [-0.2, -0.15) is 0 Å². The number of carbonyl (C=O) groups is 1. The van der Waals surface area contributed by atoms with Crippen LogP contribution in [0.2, 0.25) is 0 Å². The monoisotopic (exact) mass is 246 g/mol. The van der Waals surface area contributed by atoms with E-state index in [1.807, 2.05) is 31.2 Å². The van der Waals surface area contributed by atoms with E-state index in [1.54, 1.807) is 13.0 Å². The SMILES string of the molecule is CCOc1ccccc1C1=CC(=O)CC(C)(O)C1. The Balaban J connectivity index is 2.39. The maximum absolute atomic E-state index is 11.7. The first-order chi connectivity index (χ1) is 8.52. The van der Waals surface area contributed by atoms with Gasteiger partial charge in [0.15, 0.2) is 5.78 Å². The molecule has 0 fully saturated rings. The van der Waals surface area contributed by atoms with E-state index in [-0.39, 0.29) is 12.2 Å². The third-order valence-electron chi connectivity index (χ3n) is 2.99. The largest absolute Gasteiger partial charge is 0.493 e. The van der Waals surface area contributed by atoms with Crippen LogP contribution in [0.4, 0.5) is 0 Å². The van der Waals surface area contributed by atoms with Gasteiger partial charge in [0.05, 0.1) is 12.2 Å². The molecule has 3 heteroatoms. The maximum atomic E-state index is 11.7. The second kappa shape index (κ2) is 4.94. The predicted molar refractivity (Wildman–Crippen MR) is 70.5 cm³/mol. The summed E-state index contributed by atoms with van der Waals surface area (Å²) < 4.78 is 5.56. The first-order valence-corrected chi connectivity index (χ1v) is 6.20. The second-order valence-corrected chi connectivity index (χ2v) is 4.92. The molecular weight excluding hydrogens is 228 g/mol. The maximum Gasteiger partial charge on any atom is 0.158 e. The zero-order valence-corrected chi connectivity index (χ0v) is 10.8. The van der Waals surface area contributed by atoms with Crippen LogP contribution in [0.1, 0.15) is 32.3 Å². The molecule has 2 rings (SSSR count). The van der Waals surface area contributed by atoms with E-state index in [2.05, 4.69) is 0 Å². The molecule has 0 aromatic heterocycles. The molecule has 18 heavy (non-hydrogen) atoms. The van der Waals surface area contributed by atoms with Crippen molar-refractivity contribution in [2.45, 2.75) is 32.3 Å². The Kier molecular flexibility index (Phi) is 3.53. The molecule has 0 aliphatic heterocycles. The summed E-state index contributed by atoms with van der Waals surface area (Å²) in [6.45, 7) is 4.20. The summed E-state index contributed by atoms with van der Waals surface area (Å²) in [4.78, 5) is 11.7. The lowest BCUT2D eigenvalue weighted by Gasteiger charge is -2.28. The minimum absolute atomic E-state index is 0.0347. The molecule has 0 radical (unpaired) electrons. The van der Waals surface area contributed by atoms with Gasteiger partial charge in [0.25, 0.3) is 0 Å². The van der Waals surface area contributed by atoms with Gasteiger partial charge in [-0.1, -0.05) is 18.2 Å². The molecular formula is C15H18O3. The summed E-state index contributed by atoms with van der Waals surface area (Å²) in [5.41, 5.74) is 0.786. The van der Waals surface area contributed by atoms with Gasteiger partial charge >= 0.3 is 0 Å². The first-order valence-electron chi connectivity index (χ1n) is 6.20. The third kappa shape index (κ3) is 2.79. The molecule has 96 valence electrons. The number of hydrogen-bond acceptors (Lipinski definition) is 3. The molecule has 1 unspecified atom stereocenters. The van der Waals surface area contributed by atoms with Gasteiger partial charge in [-0.05, 0) is 31.6 Å². The summed E-state index contributed by atoms with van der Waals surface area (Å²) >= 11 is 0. The molecule has 1 atom stereocenters. The number of allylic oxidation sites excluding steroid dienone is 1. The van der Waals surface area contributed by atoms with Crippen LogP contribution in [-0.4, -0.2) is 23.1 Å². The van der Waals surface area contributed by atoms with Crippen molar-refractivity contribution in [3.05, 3.63) is 35.9 Å². The highest BCUT2D eigenvalue weighted by Crippen LogP contribution is 2.36. The molecule has 0 saturated carbocycles. The highest BCUT2D eigenvalue weighted by molar-refractivity contribution is 6.00. The average molecular weight is 246 g/mol. The lowest BCUT2D eigenvalue weighted by Crippen LogP contribution is -2.31. The number of ether oxygens (including phenoxy) is 1. The molecule has 0 spiro atoms. The number of hydrogen-bond donors (Lipinski definition) is 1. The standard InChI is InChI=1S/C15H18O3/c1-3-18-14-7-5-4-6-13(14)11-8-12(16)10-15(2,17)9-11/h4-8,17H,3,9-10H2,1-2H3. The Morgan fingerprint density at radius 3 is 2.72 bits per heavy atom. The minimum atomic E-state index is -0.958. The van der Waals surface area contributed by atoms with Crippen LogP contribution in [0.3, 0.4) is 0 Å². The van der Waals surface area contributed by atoms with Crippen LogP contribution in [0, 0.1) is 0 Å². The predicted octanol–water partition coefficient (Wildman–Crippen LogP) is 2.58. The fourth-order valence-electron chi connectivity index (χ4n) is 2.33. The van der Waals surface area contributed by atoms with Crippen molar-refractivity contribution < 1.29 is 14.6 Å². The molecule has 1 N–H and O–H groups in total. The molecule has 1 aromatic rings. The molecule has 0 heterocycles. The number of rotatable bonds is 3. The topological polar surface area (TPSA) is 46.5 Å². The Bertz CT molecular complexity index is 486. The normalized spacial score (nSPS) is 23.7. The highest BCUT2D eigenvalue weighted by atomic mass is 16.5. The number of benzene rings is 1. The fraction of sp³-hybridized carbons (Fsp3) is 0.400. The molecule has 1 aliphatic rings. The quantitative estimate of drug-likeness (QED) is 0.891. The van der Waals surface area contributed by atoms with E-state index in [4.69, 9.17) is 4.74 Å². The Morgan fingerprint density at radius 1 is 1.33 bits per heavy atom. The number of aliphatic hydroxyl groups is 1. The lowest BCUT2D eigenvalue weighted by molar-refractivity contribution is -0.119. The van der Waals surface area contributed by atoms with E-state index in [0.29, 0.717) is 13.0 Å². The summed E-state index contributed by atoms with van der Waals surface area (Å²) in [6, 6.07) is 7.61. The Hall–Kier alpha value is -1.61. The van der Waals surface area contributed by atoms with Crippen molar-refractivity contribution in [3.63, 3.8) is 0 Å². The van der Waals surface area contributed by atoms with Crippen molar-refractivity contribution in [1.29, 1.82) is 0 Å². The number of para-hydroxylation sites is 1. The highest BCUT2D eigenvalue weighted by Gasteiger charge is 2.30. The van der Waals surface area contributed by atoms with Gasteiger partial charge in [0, 0.05) is 18.4 Å². The van der Waals surface area contributed by atoms with Gasteiger partial charge in [-0.15, -0.1) is 0 Å². The molecule has 0 bridgehead atoms. The van der Waals surface area contributed by atoms with E-state index in [9.17, 15) is 9.90 Å². The van der Waals surface area contributed by atoms with Gasteiger partial charge in [0.1, 0.15) is 5.75 Å². The van der Waals surface area contributed by atoms with Crippen LogP contribution in [0.5, 0.6) is 5.75 Å². The molecule has 0 amide bonds. The van der Waals surface area contributed by atoms with Crippen molar-refractivity contribution >= 4 is 11.4 Å². The molecule has 1 aliphatic carbocycles. The van der Waals surface area contributed by atoms with Crippen molar-refractivity contribution in [1.82, 2.24) is 0 Å². The van der Waals surface area contributed by atoms with E-state index < -0.39 is 5.60 Å². The third-order valence-corrected chi connectivity index (χ3v) is 2.99. The lowest BCUT2D eigenvalue weighted by atomic mass is 9.82. The van der Waals surface area contributed by atoms with E-state index in [0.717, 1.165) is 16.9 Å². The van der Waals surface area contributed by atoms with Gasteiger partial charge in [0.2, 0.25) is 0 Å². The zero-order valence-electron chi connectivity index (χ0n) is 10.8. The van der Waals surface area contributed by atoms with Crippen molar-refractivity contribution in [2.75, 3.05) is 6.61 Å². The van der Waals surface area contributed by atoms with Crippen molar-refractivity contribution in [3.8, 4) is 5.75 Å². The summed E-state index contributed by atoms with van der Waals surface area (Å²) in [5.74, 6) is 0.726. The Morgan fingerprint density at radius 2 is 2.06 bits per heavy atom. The van der Waals surface area contributed by atoms with Crippen LogP contribution >= 0.6 is 0 Å². The summed E-state index contributed by atoms with van der Waals surface area (Å²) in [7, 11) is 0. The number of ketones is 1. The first kappa shape index (κ1) is 12.8. The van der Waals surface area contributed by atoms with Crippen molar-refractivity contribution in [2.24, 2.45) is 0 Å². The van der Waals surface area contributed by atoms with Gasteiger partial charge in [-0.25, -0.2) is 0 Å². The zero-order chi connectivity index (χ0) is 13.2. The number of carbonyl (C=O) groups excluding carboxylic acids is 1. The van der Waals surface area contributed by atoms with Gasteiger partial charge < -0.3 is 9.84 Å². The average Bonchev–Trinajstić information content (AvgIpc) is 2.27. The Labute approximate surface area is 107 Å². The van der Waals surface area contributed by atoms with Crippen LogP contribution in [-0.2, 0) is 4.79 Å².